The maximum absolute atomic E-state index is 13.1. The maximum Gasteiger partial charge on any atom is 0.260 e. The highest BCUT2D eigenvalue weighted by atomic mass is 19.1. The van der Waals surface area contributed by atoms with E-state index in [0.29, 0.717) is 33.8 Å². The van der Waals surface area contributed by atoms with Crippen LogP contribution in [0.4, 0.5) is 16.3 Å². The lowest BCUT2D eigenvalue weighted by Gasteiger charge is -2.04. The standard InChI is InChI=1S/C23H16FN7O2/c24-15-7-4-13(5-8-15)17-9-6-14(12-27-17)20(32)30-23-28-18-3-1-2-16(19(18)29-23)21(33)31-22-25-10-11-26-22/h1-12H,(H2,25,26,31,33)(H2,28,29,30,32). The fourth-order valence-electron chi connectivity index (χ4n) is 3.28. The summed E-state index contributed by atoms with van der Waals surface area (Å²) in [6, 6.07) is 14.3. The van der Waals surface area contributed by atoms with E-state index in [4.69, 9.17) is 0 Å². The van der Waals surface area contributed by atoms with Crippen LogP contribution in [0.5, 0.6) is 0 Å². The van der Waals surface area contributed by atoms with E-state index in [1.165, 1.54) is 24.5 Å². The largest absolute Gasteiger partial charge is 0.331 e. The first-order chi connectivity index (χ1) is 16.1. The van der Waals surface area contributed by atoms with Crippen LogP contribution >= 0.6 is 0 Å². The molecule has 9 nitrogen and oxygen atoms in total. The lowest BCUT2D eigenvalue weighted by Crippen LogP contribution is -2.14. The van der Waals surface area contributed by atoms with Crippen LogP contribution < -0.4 is 10.6 Å². The summed E-state index contributed by atoms with van der Waals surface area (Å²) in [4.78, 5) is 43.7. The van der Waals surface area contributed by atoms with Crippen LogP contribution in [0.2, 0.25) is 0 Å². The summed E-state index contributed by atoms with van der Waals surface area (Å²) in [5.41, 5.74) is 2.98. The SMILES string of the molecule is O=C(Nc1nc2c(C(=O)Nc3ncc[nH]3)cccc2[nH]1)c1ccc(-c2ccc(F)cc2)nc1. The summed E-state index contributed by atoms with van der Waals surface area (Å²) in [7, 11) is 0. The molecule has 3 aromatic heterocycles. The van der Waals surface area contributed by atoms with Gasteiger partial charge in [0.1, 0.15) is 11.3 Å². The molecule has 0 saturated heterocycles. The molecule has 0 aliphatic carbocycles. The number of aromatic amines is 2. The van der Waals surface area contributed by atoms with Gasteiger partial charge in [-0.15, -0.1) is 0 Å². The smallest absolute Gasteiger partial charge is 0.260 e. The van der Waals surface area contributed by atoms with E-state index < -0.39 is 5.91 Å². The van der Waals surface area contributed by atoms with Gasteiger partial charge in [0.25, 0.3) is 11.8 Å². The number of benzene rings is 2. The molecule has 4 N–H and O–H groups in total. The van der Waals surface area contributed by atoms with Gasteiger partial charge in [0.2, 0.25) is 11.9 Å². The number of pyridine rings is 1. The summed E-state index contributed by atoms with van der Waals surface area (Å²) in [5, 5.41) is 5.33. The molecule has 0 aliphatic heterocycles. The number of anilines is 2. The average Bonchev–Trinajstić information content (AvgIpc) is 3.48. The molecule has 3 heterocycles. The van der Waals surface area contributed by atoms with E-state index in [1.54, 1.807) is 48.7 Å². The first kappa shape index (κ1) is 20.1. The Labute approximate surface area is 186 Å². The molecule has 2 aromatic carbocycles. The molecule has 0 bridgehead atoms. The third kappa shape index (κ3) is 4.17. The summed E-state index contributed by atoms with van der Waals surface area (Å²) < 4.78 is 13.1. The quantitative estimate of drug-likeness (QED) is 0.328. The molecule has 0 atom stereocenters. The number of hydrogen-bond acceptors (Lipinski definition) is 5. The molecule has 2 amide bonds. The van der Waals surface area contributed by atoms with Crippen LogP contribution in [-0.2, 0) is 0 Å². The minimum atomic E-state index is -0.422. The van der Waals surface area contributed by atoms with Crippen LogP contribution in [0.25, 0.3) is 22.3 Å². The Bertz CT molecular complexity index is 1440. The van der Waals surface area contributed by atoms with Crippen molar-refractivity contribution in [2.75, 3.05) is 10.6 Å². The lowest BCUT2D eigenvalue weighted by atomic mass is 10.1. The van der Waals surface area contributed by atoms with Crippen molar-refractivity contribution >= 4 is 34.7 Å². The predicted octanol–water partition coefficient (Wildman–Crippen LogP) is 3.99. The van der Waals surface area contributed by atoms with Crippen LogP contribution in [0.3, 0.4) is 0 Å². The van der Waals surface area contributed by atoms with Gasteiger partial charge in [-0.2, -0.15) is 0 Å². The van der Waals surface area contributed by atoms with Gasteiger partial charge in [0.05, 0.1) is 22.3 Å². The second kappa shape index (κ2) is 8.35. The fraction of sp³-hybridized carbons (Fsp3) is 0. The fourth-order valence-corrected chi connectivity index (χ4v) is 3.28. The molecule has 0 unspecified atom stereocenters. The minimum Gasteiger partial charge on any atom is -0.331 e. The average molecular weight is 441 g/mol. The Kier molecular flexibility index (Phi) is 5.07. The summed E-state index contributed by atoms with van der Waals surface area (Å²) in [6.07, 6.45) is 4.55. The van der Waals surface area contributed by atoms with Crippen LogP contribution in [0, 0.1) is 5.82 Å². The monoisotopic (exact) mass is 441 g/mol. The molecular weight excluding hydrogens is 425 g/mol. The molecule has 5 aromatic rings. The van der Waals surface area contributed by atoms with E-state index in [0.717, 1.165) is 5.56 Å². The Morgan fingerprint density at radius 1 is 0.879 bits per heavy atom. The highest BCUT2D eigenvalue weighted by Crippen LogP contribution is 2.21. The number of carbonyl (C=O) groups is 2. The summed E-state index contributed by atoms with van der Waals surface area (Å²) >= 11 is 0. The zero-order chi connectivity index (χ0) is 22.8. The Hall–Kier alpha value is -4.86. The number of H-pyrrole nitrogens is 2. The molecule has 162 valence electrons. The van der Waals surface area contributed by atoms with Crippen molar-refractivity contribution in [3.8, 4) is 11.3 Å². The molecule has 0 spiro atoms. The number of amides is 2. The molecule has 0 saturated carbocycles. The van der Waals surface area contributed by atoms with Gasteiger partial charge in [-0.25, -0.2) is 14.4 Å². The molecule has 33 heavy (non-hydrogen) atoms. The van der Waals surface area contributed by atoms with Crippen molar-refractivity contribution in [3.63, 3.8) is 0 Å². The van der Waals surface area contributed by atoms with Gasteiger partial charge < -0.3 is 9.97 Å². The second-order valence-electron chi connectivity index (χ2n) is 7.07. The predicted molar refractivity (Wildman–Crippen MR) is 120 cm³/mol. The third-order valence-electron chi connectivity index (χ3n) is 4.89. The molecule has 0 radical (unpaired) electrons. The van der Waals surface area contributed by atoms with Gasteiger partial charge in [-0.05, 0) is 48.5 Å². The molecule has 0 aliphatic rings. The van der Waals surface area contributed by atoms with Crippen molar-refractivity contribution in [2.45, 2.75) is 0 Å². The summed E-state index contributed by atoms with van der Waals surface area (Å²) in [5.74, 6) is -0.634. The van der Waals surface area contributed by atoms with Crippen LogP contribution in [-0.4, -0.2) is 36.7 Å². The van der Waals surface area contributed by atoms with Gasteiger partial charge in [-0.1, -0.05) is 6.07 Å². The van der Waals surface area contributed by atoms with Gasteiger partial charge >= 0.3 is 0 Å². The number of para-hydroxylation sites is 1. The van der Waals surface area contributed by atoms with E-state index in [-0.39, 0.29) is 17.7 Å². The molecule has 0 fully saturated rings. The van der Waals surface area contributed by atoms with Crippen molar-refractivity contribution in [1.82, 2.24) is 24.9 Å². The third-order valence-corrected chi connectivity index (χ3v) is 4.89. The first-order valence-corrected chi connectivity index (χ1v) is 9.89. The Morgan fingerprint density at radius 3 is 2.42 bits per heavy atom. The zero-order valence-electron chi connectivity index (χ0n) is 17.0. The molecule has 10 heteroatoms. The highest BCUT2D eigenvalue weighted by Gasteiger charge is 2.16. The number of rotatable bonds is 5. The summed E-state index contributed by atoms with van der Waals surface area (Å²) in [6.45, 7) is 0. The topological polar surface area (TPSA) is 128 Å². The van der Waals surface area contributed by atoms with E-state index in [9.17, 15) is 14.0 Å². The van der Waals surface area contributed by atoms with Crippen LogP contribution in [0.15, 0.2) is 73.2 Å². The van der Waals surface area contributed by atoms with Gasteiger partial charge in [0, 0.05) is 24.2 Å². The first-order valence-electron chi connectivity index (χ1n) is 9.89. The zero-order valence-corrected chi connectivity index (χ0v) is 17.0. The highest BCUT2D eigenvalue weighted by molar-refractivity contribution is 6.11. The molecule has 5 rings (SSSR count). The van der Waals surface area contributed by atoms with Gasteiger partial charge in [0.15, 0.2) is 0 Å². The van der Waals surface area contributed by atoms with Crippen molar-refractivity contribution in [1.29, 1.82) is 0 Å². The number of carbonyl (C=O) groups excluding carboxylic acids is 2. The van der Waals surface area contributed by atoms with E-state index in [2.05, 4.69) is 35.6 Å². The number of nitrogens with zero attached hydrogens (tertiary/aromatic N) is 3. The normalized spacial score (nSPS) is 10.8. The number of nitrogens with one attached hydrogen (secondary N) is 4. The van der Waals surface area contributed by atoms with Crippen molar-refractivity contribution < 1.29 is 14.0 Å². The minimum absolute atomic E-state index is 0.191. The van der Waals surface area contributed by atoms with E-state index in [1.807, 2.05) is 0 Å². The number of halogens is 1. The van der Waals surface area contributed by atoms with Gasteiger partial charge in [-0.3, -0.25) is 25.2 Å². The molecular formula is C23H16FN7O2. The van der Waals surface area contributed by atoms with Crippen LogP contribution in [0.1, 0.15) is 20.7 Å². The second-order valence-corrected chi connectivity index (χ2v) is 7.07. The van der Waals surface area contributed by atoms with Crippen molar-refractivity contribution in [2.24, 2.45) is 0 Å². The number of aromatic nitrogens is 5. The number of fused-ring (bicyclic) bond motifs is 1. The maximum atomic E-state index is 13.1. The Morgan fingerprint density at radius 2 is 1.70 bits per heavy atom. The number of hydrogen-bond donors (Lipinski definition) is 4. The Balaban J connectivity index is 1.34. The van der Waals surface area contributed by atoms with Crippen molar-refractivity contribution in [3.05, 3.63) is 90.1 Å². The number of imidazole rings is 2. The lowest BCUT2D eigenvalue weighted by molar-refractivity contribution is 0.101. The van der Waals surface area contributed by atoms with E-state index >= 15 is 0 Å².